The van der Waals surface area contributed by atoms with Gasteiger partial charge in [-0.05, 0) is 25.1 Å². The van der Waals surface area contributed by atoms with Gasteiger partial charge in [0.1, 0.15) is 0 Å². The van der Waals surface area contributed by atoms with Crippen molar-refractivity contribution < 1.29 is 0 Å². The smallest absolute Gasteiger partial charge is 0.0931 e. The third kappa shape index (κ3) is 3.37. The van der Waals surface area contributed by atoms with Crippen LogP contribution < -0.4 is 5.32 Å². The van der Waals surface area contributed by atoms with Crippen molar-refractivity contribution in [2.24, 2.45) is 7.05 Å². The Hall–Kier alpha value is -0.550. The Bertz CT molecular complexity index is 577. The molecule has 3 nitrogen and oxygen atoms in total. The van der Waals surface area contributed by atoms with Gasteiger partial charge in [-0.25, -0.2) is 0 Å². The van der Waals surface area contributed by atoms with E-state index < -0.39 is 0 Å². The van der Waals surface area contributed by atoms with Crippen LogP contribution in [0.3, 0.4) is 0 Å². The van der Waals surface area contributed by atoms with Gasteiger partial charge in [-0.3, -0.25) is 4.68 Å². The average molecular weight is 332 g/mol. The summed E-state index contributed by atoms with van der Waals surface area (Å²) < 4.78 is 2.70. The molecule has 0 fully saturated rings. The highest BCUT2D eigenvalue weighted by atomic mass is 35.5. The number of thiophene rings is 1. The number of hydrogen-bond donors (Lipinski definition) is 1. The molecule has 2 aromatic rings. The summed E-state index contributed by atoms with van der Waals surface area (Å²) >= 11 is 14.1. The Morgan fingerprint density at radius 1 is 1.35 bits per heavy atom. The lowest BCUT2D eigenvalue weighted by atomic mass is 10.1. The Morgan fingerprint density at radius 3 is 2.60 bits per heavy atom. The number of rotatable bonds is 6. The summed E-state index contributed by atoms with van der Waals surface area (Å²) in [4.78, 5) is 1.23. The maximum Gasteiger partial charge on any atom is 0.0931 e. The van der Waals surface area contributed by atoms with Gasteiger partial charge in [0.25, 0.3) is 0 Å². The van der Waals surface area contributed by atoms with Gasteiger partial charge in [0.15, 0.2) is 0 Å². The van der Waals surface area contributed by atoms with Gasteiger partial charge in [-0.2, -0.15) is 5.10 Å². The number of nitrogens with one attached hydrogen (secondary N) is 1. The Balaban J connectivity index is 2.26. The van der Waals surface area contributed by atoms with Crippen molar-refractivity contribution in [3.63, 3.8) is 0 Å². The molecule has 1 unspecified atom stereocenters. The SMILES string of the molecule is CCNC(Cc1c(Cl)c(CC)nn1C)c1ccc(Cl)s1. The van der Waals surface area contributed by atoms with E-state index in [0.717, 1.165) is 40.1 Å². The van der Waals surface area contributed by atoms with E-state index in [9.17, 15) is 0 Å². The summed E-state index contributed by atoms with van der Waals surface area (Å²) in [6.45, 7) is 5.07. The van der Waals surface area contributed by atoms with Crippen LogP contribution in [-0.2, 0) is 19.9 Å². The van der Waals surface area contributed by atoms with Crippen LogP contribution in [0, 0.1) is 0 Å². The van der Waals surface area contributed by atoms with E-state index in [1.54, 1.807) is 11.3 Å². The molecular weight excluding hydrogens is 313 g/mol. The van der Waals surface area contributed by atoms with Crippen molar-refractivity contribution >= 4 is 34.5 Å². The second-order valence-electron chi connectivity index (χ2n) is 4.64. The molecule has 20 heavy (non-hydrogen) atoms. The van der Waals surface area contributed by atoms with E-state index in [0.29, 0.717) is 0 Å². The maximum absolute atomic E-state index is 6.43. The van der Waals surface area contributed by atoms with E-state index in [2.05, 4.69) is 30.3 Å². The van der Waals surface area contributed by atoms with Crippen molar-refractivity contribution in [3.05, 3.63) is 37.8 Å². The van der Waals surface area contributed by atoms with Gasteiger partial charge >= 0.3 is 0 Å². The second-order valence-corrected chi connectivity index (χ2v) is 6.77. The van der Waals surface area contributed by atoms with Crippen molar-refractivity contribution in [2.45, 2.75) is 32.7 Å². The molecule has 2 rings (SSSR count). The summed E-state index contributed by atoms with van der Waals surface area (Å²) in [5, 5.41) is 8.76. The first-order valence-electron chi connectivity index (χ1n) is 6.75. The molecule has 2 heterocycles. The minimum atomic E-state index is 0.218. The standard InChI is InChI=1S/C14H19Cl2N3S/c1-4-9-14(16)11(19(3)18-9)8-10(17-5-2)12-6-7-13(15)20-12/h6-7,10,17H,4-5,8H2,1-3H3. The summed E-state index contributed by atoms with van der Waals surface area (Å²) in [7, 11) is 1.95. The Kier molecular flexibility index (Phi) is 5.49. The van der Waals surface area contributed by atoms with Crippen molar-refractivity contribution in [3.8, 4) is 0 Å². The summed E-state index contributed by atoms with van der Waals surface area (Å²) in [6.07, 6.45) is 1.66. The van der Waals surface area contributed by atoms with Crippen LogP contribution in [0.5, 0.6) is 0 Å². The molecule has 110 valence electrons. The molecule has 6 heteroatoms. The molecule has 1 N–H and O–H groups in total. The highest BCUT2D eigenvalue weighted by molar-refractivity contribution is 7.16. The minimum Gasteiger partial charge on any atom is -0.309 e. The molecule has 0 aliphatic heterocycles. The van der Waals surface area contributed by atoms with Crippen molar-refractivity contribution in [1.29, 1.82) is 0 Å². The van der Waals surface area contributed by atoms with E-state index in [4.69, 9.17) is 23.2 Å². The van der Waals surface area contributed by atoms with Crippen LogP contribution in [-0.4, -0.2) is 16.3 Å². The van der Waals surface area contributed by atoms with Crippen molar-refractivity contribution in [2.75, 3.05) is 6.54 Å². The molecule has 0 aliphatic rings. The van der Waals surface area contributed by atoms with E-state index in [1.165, 1.54) is 4.88 Å². The van der Waals surface area contributed by atoms with Gasteiger partial charge in [0.2, 0.25) is 0 Å². The van der Waals surface area contributed by atoms with Gasteiger partial charge in [0, 0.05) is 24.4 Å². The molecule has 0 aliphatic carbocycles. The first kappa shape index (κ1) is 15.8. The van der Waals surface area contributed by atoms with E-state index >= 15 is 0 Å². The Morgan fingerprint density at radius 2 is 2.10 bits per heavy atom. The number of aromatic nitrogens is 2. The molecule has 0 amide bonds. The first-order chi connectivity index (χ1) is 9.56. The molecule has 2 aromatic heterocycles. The van der Waals surface area contributed by atoms with Gasteiger partial charge in [-0.1, -0.05) is 37.0 Å². The maximum atomic E-state index is 6.43. The Labute approximate surface area is 133 Å². The molecule has 0 saturated carbocycles. The molecule has 0 bridgehead atoms. The molecule has 1 atom stereocenters. The topological polar surface area (TPSA) is 29.9 Å². The largest absolute Gasteiger partial charge is 0.309 e. The zero-order valence-corrected chi connectivity index (χ0v) is 14.2. The third-order valence-corrected chi connectivity index (χ3v) is 5.07. The second kappa shape index (κ2) is 6.94. The number of nitrogens with zero attached hydrogens (tertiary/aromatic N) is 2. The van der Waals surface area contributed by atoms with E-state index in [1.807, 2.05) is 17.8 Å². The number of aryl methyl sites for hydroxylation is 2. The van der Waals surface area contributed by atoms with Crippen LogP contribution in [0.4, 0.5) is 0 Å². The zero-order chi connectivity index (χ0) is 14.7. The van der Waals surface area contributed by atoms with Gasteiger partial charge in [0.05, 0.1) is 20.7 Å². The number of likely N-dealkylation sites (N-methyl/N-ethyl adjacent to an activating group) is 1. The van der Waals surface area contributed by atoms with Gasteiger partial charge < -0.3 is 5.32 Å². The van der Waals surface area contributed by atoms with Crippen LogP contribution in [0.1, 0.15) is 36.2 Å². The third-order valence-electron chi connectivity index (χ3n) is 3.29. The summed E-state index contributed by atoms with van der Waals surface area (Å²) in [5.41, 5.74) is 2.03. The lowest BCUT2D eigenvalue weighted by molar-refractivity contribution is 0.536. The minimum absolute atomic E-state index is 0.218. The lowest BCUT2D eigenvalue weighted by Crippen LogP contribution is -2.23. The molecular formula is C14H19Cl2N3S. The van der Waals surface area contributed by atoms with E-state index in [-0.39, 0.29) is 6.04 Å². The first-order valence-corrected chi connectivity index (χ1v) is 8.32. The fourth-order valence-corrected chi connectivity index (χ4v) is 3.78. The highest BCUT2D eigenvalue weighted by Crippen LogP contribution is 2.31. The van der Waals surface area contributed by atoms with Crippen LogP contribution >= 0.6 is 34.5 Å². The quantitative estimate of drug-likeness (QED) is 0.857. The lowest BCUT2D eigenvalue weighted by Gasteiger charge is -2.16. The zero-order valence-electron chi connectivity index (χ0n) is 11.9. The predicted molar refractivity (Wildman–Crippen MR) is 87.0 cm³/mol. The average Bonchev–Trinajstić information content (AvgIpc) is 2.96. The number of hydrogen-bond acceptors (Lipinski definition) is 3. The predicted octanol–water partition coefficient (Wildman–Crippen LogP) is 4.24. The summed E-state index contributed by atoms with van der Waals surface area (Å²) in [5.74, 6) is 0. The monoisotopic (exact) mass is 331 g/mol. The molecule has 0 aromatic carbocycles. The number of halogens is 2. The van der Waals surface area contributed by atoms with Crippen molar-refractivity contribution in [1.82, 2.24) is 15.1 Å². The van der Waals surface area contributed by atoms with Crippen LogP contribution in [0.15, 0.2) is 12.1 Å². The summed E-state index contributed by atoms with van der Waals surface area (Å²) in [6, 6.07) is 4.23. The fraction of sp³-hybridized carbons (Fsp3) is 0.500. The molecule has 0 radical (unpaired) electrons. The van der Waals surface area contributed by atoms with Crippen LogP contribution in [0.25, 0.3) is 0 Å². The highest BCUT2D eigenvalue weighted by Gasteiger charge is 2.20. The molecule has 0 saturated heterocycles. The van der Waals surface area contributed by atoms with Gasteiger partial charge in [-0.15, -0.1) is 11.3 Å². The molecule has 0 spiro atoms. The normalized spacial score (nSPS) is 12.8. The van der Waals surface area contributed by atoms with Crippen LogP contribution in [0.2, 0.25) is 9.36 Å². The fourth-order valence-electron chi connectivity index (χ4n) is 2.27.